The lowest BCUT2D eigenvalue weighted by Gasteiger charge is -2.37. The van der Waals surface area contributed by atoms with Gasteiger partial charge in [-0.05, 0) is 49.9 Å². The molecule has 0 aliphatic heterocycles. The molecule has 0 saturated heterocycles. The van der Waals surface area contributed by atoms with Gasteiger partial charge in [-0.3, -0.25) is 0 Å². The van der Waals surface area contributed by atoms with Crippen LogP contribution in [0.2, 0.25) is 5.02 Å². The van der Waals surface area contributed by atoms with Crippen molar-refractivity contribution in [2.75, 3.05) is 13.7 Å². The van der Waals surface area contributed by atoms with E-state index in [1.165, 1.54) is 18.4 Å². The minimum atomic E-state index is -0.0756. The molecular formula is C17H26ClNO. The largest absolute Gasteiger partial charge is 0.376 e. The molecular weight excluding hydrogens is 270 g/mol. The fraction of sp³-hybridized carbons (Fsp3) is 0.647. The molecule has 0 amide bonds. The maximum Gasteiger partial charge on any atom is 0.0872 e. The summed E-state index contributed by atoms with van der Waals surface area (Å²) in [6, 6.07) is 6.63. The third-order valence-electron chi connectivity index (χ3n) is 4.51. The molecule has 0 heterocycles. The molecule has 2 nitrogen and oxygen atoms in total. The summed E-state index contributed by atoms with van der Waals surface area (Å²) in [7, 11) is 1.85. The predicted octanol–water partition coefficient (Wildman–Crippen LogP) is 4.65. The molecule has 1 aromatic carbocycles. The van der Waals surface area contributed by atoms with E-state index in [1.807, 2.05) is 14.0 Å². The zero-order valence-electron chi connectivity index (χ0n) is 12.8. The summed E-state index contributed by atoms with van der Waals surface area (Å²) in [6.45, 7) is 5.24. The molecule has 0 radical (unpaired) electrons. The summed E-state index contributed by atoms with van der Waals surface area (Å²) in [5.74, 6) is 0. The Morgan fingerprint density at radius 3 is 2.60 bits per heavy atom. The smallest absolute Gasteiger partial charge is 0.0872 e. The van der Waals surface area contributed by atoms with Crippen molar-refractivity contribution in [1.29, 1.82) is 0 Å². The van der Waals surface area contributed by atoms with Crippen LogP contribution in [0.4, 0.5) is 0 Å². The number of ether oxygens (including phenoxy) is 1. The van der Waals surface area contributed by atoms with Crippen LogP contribution >= 0.6 is 11.6 Å². The molecule has 1 saturated carbocycles. The molecule has 1 atom stereocenters. The Morgan fingerprint density at radius 2 is 2.05 bits per heavy atom. The fourth-order valence-electron chi connectivity index (χ4n) is 3.27. The van der Waals surface area contributed by atoms with E-state index >= 15 is 0 Å². The molecule has 1 aliphatic carbocycles. The van der Waals surface area contributed by atoms with Crippen molar-refractivity contribution < 1.29 is 4.74 Å². The molecule has 1 unspecified atom stereocenters. The lowest BCUT2D eigenvalue weighted by atomic mass is 9.86. The second-order valence-electron chi connectivity index (χ2n) is 5.87. The van der Waals surface area contributed by atoms with E-state index in [1.54, 1.807) is 0 Å². The first kappa shape index (κ1) is 15.8. The highest BCUT2D eigenvalue weighted by molar-refractivity contribution is 6.31. The third kappa shape index (κ3) is 3.19. The van der Waals surface area contributed by atoms with Crippen LogP contribution in [0.5, 0.6) is 0 Å². The van der Waals surface area contributed by atoms with Crippen molar-refractivity contribution in [3.8, 4) is 0 Å². The molecule has 1 fully saturated rings. The predicted molar refractivity (Wildman–Crippen MR) is 85.4 cm³/mol. The van der Waals surface area contributed by atoms with Gasteiger partial charge in [0.2, 0.25) is 0 Å². The first-order valence-electron chi connectivity index (χ1n) is 7.67. The molecule has 0 bridgehead atoms. The first-order chi connectivity index (χ1) is 9.63. The Kier molecular flexibility index (Phi) is 5.48. The Morgan fingerprint density at radius 1 is 1.35 bits per heavy atom. The average molecular weight is 296 g/mol. The van der Waals surface area contributed by atoms with Gasteiger partial charge in [-0.2, -0.15) is 0 Å². The number of nitrogens with one attached hydrogen (secondary N) is 1. The monoisotopic (exact) mass is 295 g/mol. The van der Waals surface area contributed by atoms with E-state index < -0.39 is 0 Å². The van der Waals surface area contributed by atoms with Crippen molar-refractivity contribution in [1.82, 2.24) is 5.32 Å². The normalized spacial score (nSPS) is 19.2. The number of methoxy groups -OCH3 is 1. The standard InChI is InChI=1S/C17H26ClNO/c1-4-11-19-16(17(20-3)9-5-6-10-17)14-8-7-13(2)15(18)12-14/h7-8,12,16,19H,4-6,9-11H2,1-3H3. The zero-order valence-corrected chi connectivity index (χ0v) is 13.6. The topological polar surface area (TPSA) is 21.3 Å². The number of rotatable bonds is 6. The Hall–Kier alpha value is -0.570. The molecule has 1 N–H and O–H groups in total. The zero-order chi connectivity index (χ0) is 14.6. The van der Waals surface area contributed by atoms with Gasteiger partial charge in [0.05, 0.1) is 11.6 Å². The van der Waals surface area contributed by atoms with Crippen LogP contribution in [-0.2, 0) is 4.74 Å². The lowest BCUT2D eigenvalue weighted by molar-refractivity contribution is -0.0367. The van der Waals surface area contributed by atoms with Gasteiger partial charge >= 0.3 is 0 Å². The van der Waals surface area contributed by atoms with Gasteiger partial charge in [0.1, 0.15) is 0 Å². The molecule has 2 rings (SSSR count). The maximum atomic E-state index is 6.32. The number of halogens is 1. The van der Waals surface area contributed by atoms with E-state index in [2.05, 4.69) is 30.4 Å². The molecule has 0 spiro atoms. The number of aryl methyl sites for hydroxylation is 1. The van der Waals surface area contributed by atoms with Gasteiger partial charge in [0, 0.05) is 12.1 Å². The second-order valence-corrected chi connectivity index (χ2v) is 6.28. The van der Waals surface area contributed by atoms with E-state index in [4.69, 9.17) is 16.3 Å². The number of hydrogen-bond acceptors (Lipinski definition) is 2. The van der Waals surface area contributed by atoms with Gasteiger partial charge in [0.15, 0.2) is 0 Å². The SMILES string of the molecule is CCCNC(c1ccc(C)c(Cl)c1)C1(OC)CCCC1. The van der Waals surface area contributed by atoms with E-state index in [0.717, 1.165) is 36.4 Å². The summed E-state index contributed by atoms with van der Waals surface area (Å²) in [5.41, 5.74) is 2.30. The minimum Gasteiger partial charge on any atom is -0.376 e. The maximum absolute atomic E-state index is 6.32. The van der Waals surface area contributed by atoms with Crippen molar-refractivity contribution in [2.45, 2.75) is 57.6 Å². The molecule has 20 heavy (non-hydrogen) atoms. The highest BCUT2D eigenvalue weighted by Gasteiger charge is 2.42. The van der Waals surface area contributed by atoms with Gasteiger partial charge in [-0.1, -0.05) is 43.5 Å². The summed E-state index contributed by atoms with van der Waals surface area (Å²) in [5, 5.41) is 4.53. The molecule has 112 valence electrons. The fourth-order valence-corrected chi connectivity index (χ4v) is 3.46. The Labute approximate surface area is 127 Å². The van der Waals surface area contributed by atoms with Gasteiger partial charge in [-0.25, -0.2) is 0 Å². The highest BCUT2D eigenvalue weighted by atomic mass is 35.5. The molecule has 1 aliphatic rings. The summed E-state index contributed by atoms with van der Waals surface area (Å²) in [6.07, 6.45) is 5.86. The number of benzene rings is 1. The van der Waals surface area contributed by atoms with Crippen LogP contribution in [0.3, 0.4) is 0 Å². The van der Waals surface area contributed by atoms with Gasteiger partial charge in [0.25, 0.3) is 0 Å². The van der Waals surface area contributed by atoms with Crippen molar-refractivity contribution in [3.05, 3.63) is 34.3 Å². The van der Waals surface area contributed by atoms with Crippen LogP contribution in [0.15, 0.2) is 18.2 Å². The minimum absolute atomic E-state index is 0.0756. The average Bonchev–Trinajstić information content (AvgIpc) is 2.93. The Balaban J connectivity index is 2.32. The third-order valence-corrected chi connectivity index (χ3v) is 4.92. The van der Waals surface area contributed by atoms with Gasteiger partial charge < -0.3 is 10.1 Å². The van der Waals surface area contributed by atoms with E-state index in [-0.39, 0.29) is 11.6 Å². The van der Waals surface area contributed by atoms with Gasteiger partial charge in [-0.15, -0.1) is 0 Å². The quantitative estimate of drug-likeness (QED) is 0.825. The Bertz CT molecular complexity index is 441. The van der Waals surface area contributed by atoms with Crippen molar-refractivity contribution >= 4 is 11.6 Å². The number of hydrogen-bond donors (Lipinski definition) is 1. The molecule has 3 heteroatoms. The summed E-state index contributed by atoms with van der Waals surface area (Å²) in [4.78, 5) is 0. The van der Waals surface area contributed by atoms with E-state index in [9.17, 15) is 0 Å². The summed E-state index contributed by atoms with van der Waals surface area (Å²) >= 11 is 6.32. The summed E-state index contributed by atoms with van der Waals surface area (Å²) < 4.78 is 5.98. The van der Waals surface area contributed by atoms with Crippen LogP contribution in [0, 0.1) is 6.92 Å². The van der Waals surface area contributed by atoms with Crippen LogP contribution in [-0.4, -0.2) is 19.3 Å². The molecule has 0 aromatic heterocycles. The van der Waals surface area contributed by atoms with Crippen molar-refractivity contribution in [2.24, 2.45) is 0 Å². The molecule has 1 aromatic rings. The first-order valence-corrected chi connectivity index (χ1v) is 8.05. The van der Waals surface area contributed by atoms with Crippen molar-refractivity contribution in [3.63, 3.8) is 0 Å². The second kappa shape index (κ2) is 6.93. The van der Waals surface area contributed by atoms with Crippen LogP contribution in [0.25, 0.3) is 0 Å². The lowest BCUT2D eigenvalue weighted by Crippen LogP contribution is -2.43. The van der Waals surface area contributed by atoms with Crippen LogP contribution < -0.4 is 5.32 Å². The van der Waals surface area contributed by atoms with Crippen LogP contribution in [0.1, 0.15) is 56.2 Å². The van der Waals surface area contributed by atoms with E-state index in [0.29, 0.717) is 0 Å². The highest BCUT2D eigenvalue weighted by Crippen LogP contribution is 2.43.